The van der Waals surface area contributed by atoms with Gasteiger partial charge in [-0.2, -0.15) is 0 Å². The van der Waals surface area contributed by atoms with E-state index in [9.17, 15) is 4.79 Å². The van der Waals surface area contributed by atoms with Gasteiger partial charge < -0.3 is 10.5 Å². The predicted molar refractivity (Wildman–Crippen MR) is 54.6 cm³/mol. The molecule has 1 aromatic carbocycles. The molecule has 0 aliphatic carbocycles. The van der Waals surface area contributed by atoms with E-state index in [1.807, 2.05) is 18.2 Å². The summed E-state index contributed by atoms with van der Waals surface area (Å²) in [5.74, 6) is 0. The van der Waals surface area contributed by atoms with Crippen molar-refractivity contribution in [1.29, 1.82) is 0 Å². The molecule has 0 saturated carbocycles. The van der Waals surface area contributed by atoms with Gasteiger partial charge in [-0.3, -0.25) is 0 Å². The highest BCUT2D eigenvalue weighted by atomic mass is 16.1. The molecule has 2 N–H and O–H groups in total. The molecule has 0 spiro atoms. The first-order valence-electron chi connectivity index (χ1n) is 4.52. The molecule has 0 saturated heterocycles. The SMILES string of the molecule is Cc1ccc(N)cc1CCCC=O. The standard InChI is InChI=1S/C11H15NO/c1-9-5-6-11(12)8-10(9)4-2-3-7-13/h5-8H,2-4,12H2,1H3. The van der Waals surface area contributed by atoms with Crippen LogP contribution in [0, 0.1) is 6.92 Å². The molecule has 0 unspecified atom stereocenters. The highest BCUT2D eigenvalue weighted by Gasteiger charge is 1.98. The number of rotatable bonds is 4. The van der Waals surface area contributed by atoms with Gasteiger partial charge in [0.2, 0.25) is 0 Å². The summed E-state index contributed by atoms with van der Waals surface area (Å²) in [6.07, 6.45) is 3.44. The van der Waals surface area contributed by atoms with Gasteiger partial charge in [-0.1, -0.05) is 6.07 Å². The zero-order valence-corrected chi connectivity index (χ0v) is 7.92. The maximum Gasteiger partial charge on any atom is 0.120 e. The number of nitrogens with two attached hydrogens (primary N) is 1. The molecule has 2 nitrogen and oxygen atoms in total. The molecule has 2 heteroatoms. The summed E-state index contributed by atoms with van der Waals surface area (Å²) in [5.41, 5.74) is 8.96. The van der Waals surface area contributed by atoms with Gasteiger partial charge in [-0.05, 0) is 43.0 Å². The van der Waals surface area contributed by atoms with Crippen molar-refractivity contribution < 1.29 is 4.79 Å². The van der Waals surface area contributed by atoms with Crippen molar-refractivity contribution in [3.8, 4) is 0 Å². The topological polar surface area (TPSA) is 43.1 Å². The summed E-state index contributed by atoms with van der Waals surface area (Å²) in [4.78, 5) is 10.1. The van der Waals surface area contributed by atoms with Crippen molar-refractivity contribution in [2.24, 2.45) is 0 Å². The Kier molecular flexibility index (Phi) is 3.50. The second-order valence-electron chi connectivity index (χ2n) is 3.24. The summed E-state index contributed by atoms with van der Waals surface area (Å²) >= 11 is 0. The minimum Gasteiger partial charge on any atom is -0.399 e. The molecule has 0 aliphatic rings. The third kappa shape index (κ3) is 2.90. The second kappa shape index (κ2) is 4.65. The summed E-state index contributed by atoms with van der Waals surface area (Å²) < 4.78 is 0. The first-order valence-corrected chi connectivity index (χ1v) is 4.52. The monoisotopic (exact) mass is 177 g/mol. The zero-order chi connectivity index (χ0) is 9.68. The van der Waals surface area contributed by atoms with E-state index >= 15 is 0 Å². The summed E-state index contributed by atoms with van der Waals surface area (Å²) in [6, 6.07) is 5.91. The van der Waals surface area contributed by atoms with Crippen LogP contribution in [-0.4, -0.2) is 6.29 Å². The van der Waals surface area contributed by atoms with E-state index in [1.165, 1.54) is 11.1 Å². The average Bonchev–Trinajstić information content (AvgIpc) is 2.11. The smallest absolute Gasteiger partial charge is 0.120 e. The number of carbonyl (C=O) groups is 1. The molecule has 0 atom stereocenters. The lowest BCUT2D eigenvalue weighted by atomic mass is 10.0. The van der Waals surface area contributed by atoms with Crippen LogP contribution < -0.4 is 5.73 Å². The fourth-order valence-electron chi connectivity index (χ4n) is 1.34. The quantitative estimate of drug-likeness (QED) is 0.435. The number of hydrogen-bond donors (Lipinski definition) is 1. The Morgan fingerprint density at radius 1 is 1.46 bits per heavy atom. The molecule has 0 fully saturated rings. The summed E-state index contributed by atoms with van der Waals surface area (Å²) in [5, 5.41) is 0. The van der Waals surface area contributed by atoms with Gasteiger partial charge in [0.05, 0.1) is 0 Å². The van der Waals surface area contributed by atoms with E-state index in [0.29, 0.717) is 6.42 Å². The third-order valence-corrected chi connectivity index (χ3v) is 2.14. The molecule has 1 rings (SSSR count). The average molecular weight is 177 g/mol. The Balaban J connectivity index is 2.64. The van der Waals surface area contributed by atoms with Gasteiger partial charge in [0.15, 0.2) is 0 Å². The molecule has 70 valence electrons. The first-order chi connectivity index (χ1) is 6.24. The predicted octanol–water partition coefficient (Wildman–Crippen LogP) is 2.10. The summed E-state index contributed by atoms with van der Waals surface area (Å²) in [7, 11) is 0. The Bertz CT molecular complexity index is 294. The molecule has 0 aromatic heterocycles. The number of carbonyl (C=O) groups excluding carboxylic acids is 1. The van der Waals surface area contributed by atoms with Crippen molar-refractivity contribution in [3.05, 3.63) is 29.3 Å². The minimum atomic E-state index is 0.633. The summed E-state index contributed by atoms with van der Waals surface area (Å²) in [6.45, 7) is 2.07. The zero-order valence-electron chi connectivity index (χ0n) is 7.92. The lowest BCUT2D eigenvalue weighted by Gasteiger charge is -2.05. The normalized spacial score (nSPS) is 9.92. The van der Waals surface area contributed by atoms with Crippen LogP contribution in [0.1, 0.15) is 24.0 Å². The van der Waals surface area contributed by atoms with E-state index in [4.69, 9.17) is 5.73 Å². The van der Waals surface area contributed by atoms with Crippen molar-refractivity contribution in [2.75, 3.05) is 5.73 Å². The number of anilines is 1. The molecule has 0 bridgehead atoms. The molecule has 13 heavy (non-hydrogen) atoms. The number of hydrogen-bond acceptors (Lipinski definition) is 2. The lowest BCUT2D eigenvalue weighted by Crippen LogP contribution is -1.93. The van der Waals surface area contributed by atoms with Crippen LogP contribution >= 0.6 is 0 Å². The third-order valence-electron chi connectivity index (χ3n) is 2.14. The van der Waals surface area contributed by atoms with Gasteiger partial charge >= 0.3 is 0 Å². The lowest BCUT2D eigenvalue weighted by molar-refractivity contribution is -0.107. The molecule has 0 heterocycles. The van der Waals surface area contributed by atoms with Crippen molar-refractivity contribution in [2.45, 2.75) is 26.2 Å². The Hall–Kier alpha value is -1.31. The maximum absolute atomic E-state index is 10.1. The van der Waals surface area contributed by atoms with Crippen LogP contribution in [-0.2, 0) is 11.2 Å². The number of unbranched alkanes of at least 4 members (excludes halogenated alkanes) is 1. The number of aldehydes is 1. The van der Waals surface area contributed by atoms with Gasteiger partial charge in [-0.15, -0.1) is 0 Å². The van der Waals surface area contributed by atoms with Crippen LogP contribution in [0.25, 0.3) is 0 Å². The van der Waals surface area contributed by atoms with Gasteiger partial charge in [0, 0.05) is 12.1 Å². The highest BCUT2D eigenvalue weighted by molar-refractivity contribution is 5.49. The van der Waals surface area contributed by atoms with Gasteiger partial charge in [0.25, 0.3) is 0 Å². The van der Waals surface area contributed by atoms with Crippen LogP contribution in [0.5, 0.6) is 0 Å². The van der Waals surface area contributed by atoms with Crippen LogP contribution in [0.3, 0.4) is 0 Å². The molecular weight excluding hydrogens is 162 g/mol. The van der Waals surface area contributed by atoms with Crippen LogP contribution in [0.15, 0.2) is 18.2 Å². The van der Waals surface area contributed by atoms with E-state index in [0.717, 1.165) is 24.8 Å². The van der Waals surface area contributed by atoms with E-state index in [1.54, 1.807) is 0 Å². The maximum atomic E-state index is 10.1. The molecule has 0 aliphatic heterocycles. The number of aryl methyl sites for hydroxylation is 2. The minimum absolute atomic E-state index is 0.633. The number of nitrogen functional groups attached to an aromatic ring is 1. The molecule has 0 amide bonds. The molecule has 0 radical (unpaired) electrons. The fourth-order valence-corrected chi connectivity index (χ4v) is 1.34. The molecule has 1 aromatic rings. The van der Waals surface area contributed by atoms with E-state index in [-0.39, 0.29) is 0 Å². The first kappa shape index (κ1) is 9.78. The van der Waals surface area contributed by atoms with Crippen molar-refractivity contribution in [1.82, 2.24) is 0 Å². The number of benzene rings is 1. The van der Waals surface area contributed by atoms with Crippen LogP contribution in [0.4, 0.5) is 5.69 Å². The highest BCUT2D eigenvalue weighted by Crippen LogP contribution is 2.14. The van der Waals surface area contributed by atoms with E-state index < -0.39 is 0 Å². The molecular formula is C11H15NO. The Morgan fingerprint density at radius 3 is 2.92 bits per heavy atom. The van der Waals surface area contributed by atoms with E-state index in [2.05, 4.69) is 6.92 Å². The van der Waals surface area contributed by atoms with Gasteiger partial charge in [-0.25, -0.2) is 0 Å². The fraction of sp³-hybridized carbons (Fsp3) is 0.364. The van der Waals surface area contributed by atoms with Gasteiger partial charge in [0.1, 0.15) is 6.29 Å². The Labute approximate surface area is 78.8 Å². The van der Waals surface area contributed by atoms with Crippen molar-refractivity contribution >= 4 is 12.0 Å². The van der Waals surface area contributed by atoms with Crippen LogP contribution in [0.2, 0.25) is 0 Å². The van der Waals surface area contributed by atoms with Crippen molar-refractivity contribution in [3.63, 3.8) is 0 Å². The second-order valence-corrected chi connectivity index (χ2v) is 3.24. The Morgan fingerprint density at radius 2 is 2.23 bits per heavy atom. The largest absolute Gasteiger partial charge is 0.399 e.